The largest absolute Gasteiger partial charge is 0.383 e. The number of thiazole rings is 1. The third-order valence-electron chi connectivity index (χ3n) is 2.48. The van der Waals surface area contributed by atoms with Gasteiger partial charge in [-0.1, -0.05) is 0 Å². The average Bonchev–Trinajstić information content (AvgIpc) is 2.76. The second-order valence-corrected chi connectivity index (χ2v) is 4.81. The van der Waals surface area contributed by atoms with Gasteiger partial charge in [0.2, 0.25) is 0 Å². The highest BCUT2D eigenvalue weighted by Crippen LogP contribution is 2.34. The van der Waals surface area contributed by atoms with Gasteiger partial charge in [0.05, 0.1) is 21.7 Å². The van der Waals surface area contributed by atoms with Crippen LogP contribution in [0.5, 0.6) is 0 Å². The zero-order chi connectivity index (χ0) is 13.1. The molecule has 0 aliphatic carbocycles. The second kappa shape index (κ2) is 5.28. The van der Waals surface area contributed by atoms with Crippen LogP contribution in [0.15, 0.2) is 17.6 Å². The van der Waals surface area contributed by atoms with Gasteiger partial charge in [0.15, 0.2) is 5.52 Å². The van der Waals surface area contributed by atoms with Gasteiger partial charge in [-0.15, -0.1) is 11.3 Å². The molecule has 96 valence electrons. The van der Waals surface area contributed by atoms with Crippen molar-refractivity contribution in [2.75, 3.05) is 19.0 Å². The lowest BCUT2D eigenvalue weighted by molar-refractivity contribution is -0.382. The summed E-state index contributed by atoms with van der Waals surface area (Å²) in [6.45, 7) is 2.38. The quantitative estimate of drug-likeness (QED) is 0.665. The smallest absolute Gasteiger partial charge is 0.319 e. The fourth-order valence-electron chi connectivity index (χ4n) is 1.78. The molecule has 0 fully saturated rings. The van der Waals surface area contributed by atoms with Crippen molar-refractivity contribution in [2.24, 2.45) is 0 Å². The summed E-state index contributed by atoms with van der Waals surface area (Å²) in [6, 6.07) is 3.54. The molecule has 0 spiro atoms. The molecule has 2 rings (SSSR count). The minimum absolute atomic E-state index is 0.00946. The number of ether oxygens (including phenoxy) is 1. The first-order valence-corrected chi connectivity index (χ1v) is 6.27. The number of fused-ring (bicyclic) bond motifs is 1. The third-order valence-corrected chi connectivity index (χ3v) is 3.27. The number of benzene rings is 1. The van der Waals surface area contributed by atoms with Crippen molar-refractivity contribution in [3.63, 3.8) is 0 Å². The Labute approximate surface area is 108 Å². The van der Waals surface area contributed by atoms with Crippen LogP contribution in [-0.4, -0.2) is 29.7 Å². The molecule has 0 aliphatic rings. The van der Waals surface area contributed by atoms with E-state index in [1.807, 2.05) is 13.0 Å². The Kier molecular flexibility index (Phi) is 3.73. The summed E-state index contributed by atoms with van der Waals surface area (Å²) < 4.78 is 5.81. The molecule has 0 saturated carbocycles. The zero-order valence-corrected chi connectivity index (χ0v) is 10.9. The van der Waals surface area contributed by atoms with Gasteiger partial charge >= 0.3 is 5.69 Å². The molecule has 1 aromatic carbocycles. The molecule has 0 bridgehead atoms. The van der Waals surface area contributed by atoms with Crippen LogP contribution in [0.3, 0.4) is 0 Å². The molecular formula is C11H13N3O3S. The molecule has 6 nitrogen and oxygen atoms in total. The van der Waals surface area contributed by atoms with Gasteiger partial charge < -0.3 is 10.1 Å². The first kappa shape index (κ1) is 12.7. The number of hydrogen-bond acceptors (Lipinski definition) is 6. The molecule has 1 unspecified atom stereocenters. The summed E-state index contributed by atoms with van der Waals surface area (Å²) in [6.07, 6.45) is 0. The van der Waals surface area contributed by atoms with E-state index in [-0.39, 0.29) is 11.7 Å². The van der Waals surface area contributed by atoms with Crippen molar-refractivity contribution in [2.45, 2.75) is 13.0 Å². The lowest BCUT2D eigenvalue weighted by Gasteiger charge is -2.14. The molecule has 1 atom stereocenters. The minimum Gasteiger partial charge on any atom is -0.383 e. The predicted octanol–water partition coefficient (Wildman–Crippen LogP) is 2.65. The van der Waals surface area contributed by atoms with Crippen molar-refractivity contribution in [1.82, 2.24) is 4.98 Å². The van der Waals surface area contributed by atoms with Crippen molar-refractivity contribution in [3.05, 3.63) is 27.8 Å². The molecule has 2 aromatic rings. The van der Waals surface area contributed by atoms with Crippen LogP contribution < -0.4 is 5.32 Å². The molecule has 0 amide bonds. The van der Waals surface area contributed by atoms with Crippen LogP contribution >= 0.6 is 11.3 Å². The minimum atomic E-state index is -0.399. The number of nitro groups is 1. The Morgan fingerprint density at radius 2 is 2.39 bits per heavy atom. The Hall–Kier alpha value is -1.73. The van der Waals surface area contributed by atoms with Gasteiger partial charge in [-0.3, -0.25) is 10.1 Å². The Morgan fingerprint density at radius 3 is 3.06 bits per heavy atom. The summed E-state index contributed by atoms with van der Waals surface area (Å²) in [4.78, 5) is 14.8. The first-order valence-electron chi connectivity index (χ1n) is 5.39. The van der Waals surface area contributed by atoms with Crippen LogP contribution in [0.25, 0.3) is 10.2 Å². The average molecular weight is 267 g/mol. The van der Waals surface area contributed by atoms with Gasteiger partial charge in [-0.05, 0) is 19.1 Å². The van der Waals surface area contributed by atoms with E-state index in [0.29, 0.717) is 17.8 Å². The van der Waals surface area contributed by atoms with Crippen molar-refractivity contribution in [1.29, 1.82) is 0 Å². The predicted molar refractivity (Wildman–Crippen MR) is 71.2 cm³/mol. The third kappa shape index (κ3) is 2.41. The second-order valence-electron chi connectivity index (χ2n) is 3.92. The zero-order valence-electron chi connectivity index (χ0n) is 10.0. The standard InChI is InChI=1S/C11H13N3O3S/c1-7(5-17-2)13-8-3-4-9-10(12-6-18-9)11(8)14(15)16/h3-4,6-7,13H,5H2,1-2H3. The number of nitrogens with one attached hydrogen (secondary N) is 1. The molecule has 0 saturated heterocycles. The van der Waals surface area contributed by atoms with E-state index in [4.69, 9.17) is 4.74 Å². The number of hydrogen-bond donors (Lipinski definition) is 1. The summed E-state index contributed by atoms with van der Waals surface area (Å²) in [5, 5.41) is 14.2. The lowest BCUT2D eigenvalue weighted by Crippen LogP contribution is -2.21. The van der Waals surface area contributed by atoms with E-state index in [2.05, 4.69) is 10.3 Å². The summed E-state index contributed by atoms with van der Waals surface area (Å²) in [7, 11) is 1.59. The molecule has 7 heteroatoms. The van der Waals surface area contributed by atoms with Crippen molar-refractivity contribution < 1.29 is 9.66 Å². The number of nitro benzene ring substituents is 1. The van der Waals surface area contributed by atoms with Gasteiger partial charge in [0.1, 0.15) is 5.69 Å². The summed E-state index contributed by atoms with van der Waals surface area (Å²) >= 11 is 1.39. The van der Waals surface area contributed by atoms with Crippen LogP contribution in [0.4, 0.5) is 11.4 Å². The van der Waals surface area contributed by atoms with Gasteiger partial charge in [0.25, 0.3) is 0 Å². The summed E-state index contributed by atoms with van der Waals surface area (Å²) in [5.41, 5.74) is 2.54. The molecule has 0 radical (unpaired) electrons. The topological polar surface area (TPSA) is 77.3 Å². The maximum atomic E-state index is 11.2. The van der Waals surface area contributed by atoms with Gasteiger partial charge in [-0.2, -0.15) is 0 Å². The fourth-order valence-corrected chi connectivity index (χ4v) is 2.45. The Morgan fingerprint density at radius 1 is 1.61 bits per heavy atom. The van der Waals surface area contributed by atoms with Crippen molar-refractivity contribution in [3.8, 4) is 0 Å². The Bertz CT molecular complexity index is 570. The number of methoxy groups -OCH3 is 1. The number of nitrogens with zero attached hydrogens (tertiary/aromatic N) is 2. The molecule has 1 N–H and O–H groups in total. The SMILES string of the molecule is COCC(C)Nc1ccc2scnc2c1[N+](=O)[O-]. The molecule has 1 heterocycles. The molecular weight excluding hydrogens is 254 g/mol. The maximum absolute atomic E-state index is 11.2. The van der Waals surface area contributed by atoms with E-state index >= 15 is 0 Å². The Balaban J connectivity index is 2.43. The highest BCUT2D eigenvalue weighted by atomic mass is 32.1. The lowest BCUT2D eigenvalue weighted by atomic mass is 10.2. The maximum Gasteiger partial charge on any atom is 0.319 e. The summed E-state index contributed by atoms with van der Waals surface area (Å²) in [5.74, 6) is 0. The van der Waals surface area contributed by atoms with Crippen LogP contribution in [0.2, 0.25) is 0 Å². The monoisotopic (exact) mass is 267 g/mol. The fraction of sp³-hybridized carbons (Fsp3) is 0.364. The highest BCUT2D eigenvalue weighted by Gasteiger charge is 2.21. The van der Waals surface area contributed by atoms with Crippen LogP contribution in [0.1, 0.15) is 6.92 Å². The number of rotatable bonds is 5. The van der Waals surface area contributed by atoms with Gasteiger partial charge in [0, 0.05) is 13.2 Å². The van der Waals surface area contributed by atoms with E-state index in [0.717, 1.165) is 4.70 Å². The van der Waals surface area contributed by atoms with E-state index in [1.54, 1.807) is 18.7 Å². The van der Waals surface area contributed by atoms with Gasteiger partial charge in [-0.25, -0.2) is 4.98 Å². The van der Waals surface area contributed by atoms with E-state index in [9.17, 15) is 10.1 Å². The molecule has 0 aliphatic heterocycles. The van der Waals surface area contributed by atoms with E-state index < -0.39 is 4.92 Å². The number of aromatic nitrogens is 1. The normalized spacial score (nSPS) is 12.6. The molecule has 1 aromatic heterocycles. The van der Waals surface area contributed by atoms with E-state index in [1.165, 1.54) is 11.3 Å². The van der Waals surface area contributed by atoms with Crippen molar-refractivity contribution >= 4 is 32.9 Å². The first-order chi connectivity index (χ1) is 8.63. The van der Waals surface area contributed by atoms with Crippen LogP contribution in [0, 0.1) is 10.1 Å². The highest BCUT2D eigenvalue weighted by molar-refractivity contribution is 7.16. The molecule has 18 heavy (non-hydrogen) atoms. The van der Waals surface area contributed by atoms with Crippen LogP contribution in [-0.2, 0) is 4.74 Å². The number of anilines is 1.